The van der Waals surface area contributed by atoms with Crippen LogP contribution in [0.4, 0.5) is 4.39 Å². The number of aryl methyl sites for hydroxylation is 2. The van der Waals surface area contributed by atoms with E-state index in [0.717, 1.165) is 62.9 Å². The Kier molecular flexibility index (Phi) is 4.34. The lowest BCUT2D eigenvalue weighted by Crippen LogP contribution is -2.38. The summed E-state index contributed by atoms with van der Waals surface area (Å²) in [6.45, 7) is 1.07. The number of pyridine rings is 1. The standard InChI is InChI=1S/C29H23FNO4/c1-32-23-8-7-20-21-12-18(11-16-3-5-19(30)6-4-16)26-25-17(13-24-29(26)35-15-34-24)9-10-31(27(21)25)14-22(20)28(23)33-2/h3-8,12-14H,9-11,15H2,1-2H3/q+1. The number of fused-ring (bicyclic) bond motifs is 4. The van der Waals surface area contributed by atoms with E-state index in [9.17, 15) is 4.39 Å². The number of methoxy groups -OCH3 is 2. The van der Waals surface area contributed by atoms with Gasteiger partial charge in [0, 0.05) is 17.2 Å². The Hall–Kier alpha value is -4.06. The lowest BCUT2D eigenvalue weighted by Gasteiger charge is -2.20. The number of nitrogens with zero attached hydrogens (tertiary/aromatic N) is 1. The van der Waals surface area contributed by atoms with E-state index < -0.39 is 0 Å². The fourth-order valence-electron chi connectivity index (χ4n) is 5.74. The molecule has 0 aliphatic carbocycles. The Bertz CT molecular complexity index is 1680. The number of ether oxygens (including phenoxy) is 4. The maximum Gasteiger partial charge on any atom is 0.231 e. The van der Waals surface area contributed by atoms with Crippen molar-refractivity contribution in [1.82, 2.24) is 0 Å². The molecule has 0 atom stereocenters. The van der Waals surface area contributed by atoms with Crippen LogP contribution in [0.5, 0.6) is 23.0 Å². The fraction of sp³-hybridized carbons (Fsp3) is 0.207. The second-order valence-corrected chi connectivity index (χ2v) is 9.09. The first kappa shape index (κ1) is 20.3. The molecule has 0 spiro atoms. The number of hydrogen-bond donors (Lipinski definition) is 0. The van der Waals surface area contributed by atoms with Gasteiger partial charge in [-0.15, -0.1) is 0 Å². The van der Waals surface area contributed by atoms with Crippen molar-refractivity contribution in [2.24, 2.45) is 0 Å². The molecule has 2 aliphatic rings. The topological polar surface area (TPSA) is 40.8 Å². The summed E-state index contributed by atoms with van der Waals surface area (Å²) in [6, 6.07) is 15.2. The van der Waals surface area contributed by atoms with E-state index in [1.807, 2.05) is 18.2 Å². The van der Waals surface area contributed by atoms with Gasteiger partial charge in [-0.05, 0) is 59.5 Å². The normalized spacial score (nSPS) is 13.8. The molecule has 5 aromatic rings. The summed E-state index contributed by atoms with van der Waals surface area (Å²) < 4.78 is 39.1. The summed E-state index contributed by atoms with van der Waals surface area (Å²) in [4.78, 5) is 0. The molecule has 0 fully saturated rings. The van der Waals surface area contributed by atoms with Crippen molar-refractivity contribution in [3.63, 3.8) is 0 Å². The highest BCUT2D eigenvalue weighted by Gasteiger charge is 2.31. The van der Waals surface area contributed by atoms with Crippen LogP contribution in [0.3, 0.4) is 0 Å². The quantitative estimate of drug-likeness (QED) is 0.259. The van der Waals surface area contributed by atoms with Gasteiger partial charge in [0.15, 0.2) is 35.7 Å². The Morgan fingerprint density at radius 3 is 2.57 bits per heavy atom. The van der Waals surface area contributed by atoms with Crippen LogP contribution in [0, 0.1) is 5.82 Å². The van der Waals surface area contributed by atoms with E-state index in [-0.39, 0.29) is 12.6 Å². The molecule has 2 aliphatic heterocycles. The molecule has 5 nitrogen and oxygen atoms in total. The first-order valence-corrected chi connectivity index (χ1v) is 11.7. The molecule has 4 aromatic carbocycles. The first-order chi connectivity index (χ1) is 17.2. The van der Waals surface area contributed by atoms with Gasteiger partial charge >= 0.3 is 0 Å². The maximum atomic E-state index is 13.6. The van der Waals surface area contributed by atoms with Gasteiger partial charge in [0.2, 0.25) is 12.3 Å². The smallest absolute Gasteiger partial charge is 0.231 e. The van der Waals surface area contributed by atoms with Crippen molar-refractivity contribution in [2.75, 3.05) is 21.0 Å². The molecular weight excluding hydrogens is 445 g/mol. The third-order valence-corrected chi connectivity index (χ3v) is 7.25. The Balaban J connectivity index is 1.63. The van der Waals surface area contributed by atoms with Crippen molar-refractivity contribution in [3.8, 4) is 23.0 Å². The minimum absolute atomic E-state index is 0.219. The summed E-state index contributed by atoms with van der Waals surface area (Å²) >= 11 is 0. The summed E-state index contributed by atoms with van der Waals surface area (Å²) in [5, 5.41) is 5.54. The van der Waals surface area contributed by atoms with E-state index in [2.05, 4.69) is 29.0 Å². The summed E-state index contributed by atoms with van der Waals surface area (Å²) in [5.41, 5.74) is 4.60. The van der Waals surface area contributed by atoms with Crippen molar-refractivity contribution < 1.29 is 27.9 Å². The number of hydrogen-bond acceptors (Lipinski definition) is 4. The van der Waals surface area contributed by atoms with Crippen molar-refractivity contribution in [3.05, 3.63) is 77.2 Å². The molecule has 35 heavy (non-hydrogen) atoms. The molecule has 0 saturated heterocycles. The van der Waals surface area contributed by atoms with Gasteiger partial charge in [-0.2, -0.15) is 4.57 Å². The highest BCUT2D eigenvalue weighted by atomic mass is 19.1. The SMILES string of the molecule is COc1ccc2c(c[n+]3c4c2cc(Cc2ccc(F)cc2)c2c5c(cc(c24)CC3)OCO5)c1OC. The van der Waals surface area contributed by atoms with Gasteiger partial charge in [-0.25, -0.2) is 4.39 Å². The Labute approximate surface area is 201 Å². The lowest BCUT2D eigenvalue weighted by molar-refractivity contribution is -0.670. The van der Waals surface area contributed by atoms with Gasteiger partial charge in [0.05, 0.1) is 30.4 Å². The second kappa shape index (κ2) is 7.47. The van der Waals surface area contributed by atoms with Crippen LogP contribution < -0.4 is 23.5 Å². The van der Waals surface area contributed by atoms with Crippen molar-refractivity contribution in [2.45, 2.75) is 19.4 Å². The summed E-state index contributed by atoms with van der Waals surface area (Å²) in [7, 11) is 3.34. The van der Waals surface area contributed by atoms with Crippen molar-refractivity contribution >= 4 is 32.4 Å². The fourth-order valence-corrected chi connectivity index (χ4v) is 5.74. The molecule has 0 bridgehead atoms. The van der Waals surface area contributed by atoms with E-state index in [0.29, 0.717) is 12.2 Å². The van der Waals surface area contributed by atoms with Crippen LogP contribution in [0.25, 0.3) is 32.4 Å². The number of rotatable bonds is 4. The zero-order valence-electron chi connectivity index (χ0n) is 19.5. The molecule has 0 radical (unpaired) electrons. The van der Waals surface area contributed by atoms with Gasteiger partial charge in [0.25, 0.3) is 0 Å². The molecule has 0 unspecified atom stereocenters. The van der Waals surface area contributed by atoms with Crippen molar-refractivity contribution in [1.29, 1.82) is 0 Å². The minimum atomic E-state index is -0.237. The van der Waals surface area contributed by atoms with E-state index >= 15 is 0 Å². The van der Waals surface area contributed by atoms with E-state index in [1.165, 1.54) is 28.6 Å². The van der Waals surface area contributed by atoms with Crippen LogP contribution in [0.15, 0.2) is 54.7 Å². The average Bonchev–Trinajstić information content (AvgIpc) is 3.35. The predicted molar refractivity (Wildman–Crippen MR) is 131 cm³/mol. The third kappa shape index (κ3) is 2.89. The molecular formula is C29H23FNO4+. The zero-order chi connectivity index (χ0) is 23.7. The zero-order valence-corrected chi connectivity index (χ0v) is 19.5. The van der Waals surface area contributed by atoms with E-state index in [1.54, 1.807) is 14.2 Å². The number of halogens is 1. The van der Waals surface area contributed by atoms with Gasteiger partial charge in [0.1, 0.15) is 5.82 Å². The number of benzene rings is 4. The highest BCUT2D eigenvalue weighted by molar-refractivity contribution is 6.18. The van der Waals surface area contributed by atoms with Crippen LogP contribution in [0.2, 0.25) is 0 Å². The first-order valence-electron chi connectivity index (χ1n) is 11.7. The largest absolute Gasteiger partial charge is 0.493 e. The predicted octanol–water partition coefficient (Wildman–Crippen LogP) is 5.47. The molecule has 3 heterocycles. The average molecular weight is 469 g/mol. The van der Waals surface area contributed by atoms with Crippen LogP contribution in [-0.4, -0.2) is 21.0 Å². The summed E-state index contributed by atoms with van der Waals surface area (Å²) in [5.74, 6) is 2.79. The van der Waals surface area contributed by atoms with Gasteiger partial charge < -0.3 is 18.9 Å². The molecule has 6 heteroatoms. The lowest BCUT2D eigenvalue weighted by atomic mass is 9.88. The molecule has 0 N–H and O–H groups in total. The molecule has 1 aromatic heterocycles. The number of aromatic nitrogens is 1. The molecule has 174 valence electrons. The monoisotopic (exact) mass is 468 g/mol. The summed E-state index contributed by atoms with van der Waals surface area (Å²) in [6.07, 6.45) is 3.71. The minimum Gasteiger partial charge on any atom is -0.493 e. The Morgan fingerprint density at radius 2 is 1.77 bits per heavy atom. The van der Waals surface area contributed by atoms with Crippen LogP contribution >= 0.6 is 0 Å². The molecule has 7 rings (SSSR count). The van der Waals surface area contributed by atoms with Gasteiger partial charge in [-0.1, -0.05) is 12.1 Å². The van der Waals surface area contributed by atoms with Crippen LogP contribution in [-0.2, 0) is 19.4 Å². The van der Waals surface area contributed by atoms with E-state index in [4.69, 9.17) is 18.9 Å². The van der Waals surface area contributed by atoms with Gasteiger partial charge in [-0.3, -0.25) is 0 Å². The maximum absolute atomic E-state index is 13.6. The molecule has 0 saturated carbocycles. The second-order valence-electron chi connectivity index (χ2n) is 9.09. The third-order valence-electron chi connectivity index (χ3n) is 7.25. The molecule has 0 amide bonds. The highest BCUT2D eigenvalue weighted by Crippen LogP contribution is 2.48. The van der Waals surface area contributed by atoms with Crippen LogP contribution in [0.1, 0.15) is 16.7 Å². The Morgan fingerprint density at radius 1 is 0.914 bits per heavy atom.